The van der Waals surface area contributed by atoms with Crippen molar-refractivity contribution in [3.8, 4) is 0 Å². The molecular formula is C24H37N3O2. The SMILES string of the molecule is CN(C)c1ccc(NC(=O)C2CC2)cc1CN(C(=O)C(C)(C)C)C1CCCCC1. The maximum atomic E-state index is 13.4. The predicted molar refractivity (Wildman–Crippen MR) is 119 cm³/mol. The Morgan fingerprint density at radius 2 is 1.69 bits per heavy atom. The summed E-state index contributed by atoms with van der Waals surface area (Å²) in [6.45, 7) is 6.60. The van der Waals surface area contributed by atoms with Crippen LogP contribution in [0.5, 0.6) is 0 Å². The molecule has 0 unspecified atom stereocenters. The summed E-state index contributed by atoms with van der Waals surface area (Å²) in [5.74, 6) is 0.498. The highest BCUT2D eigenvalue weighted by Crippen LogP contribution is 2.33. The summed E-state index contributed by atoms with van der Waals surface area (Å²) in [6.07, 6.45) is 7.79. The van der Waals surface area contributed by atoms with Gasteiger partial charge in [-0.3, -0.25) is 9.59 Å². The maximum Gasteiger partial charge on any atom is 0.228 e. The molecule has 1 aromatic carbocycles. The fraction of sp³-hybridized carbons (Fsp3) is 0.667. The largest absolute Gasteiger partial charge is 0.377 e. The lowest BCUT2D eigenvalue weighted by Gasteiger charge is -2.39. The third kappa shape index (κ3) is 5.52. The molecule has 29 heavy (non-hydrogen) atoms. The van der Waals surface area contributed by atoms with Gasteiger partial charge in [-0.05, 0) is 49.4 Å². The summed E-state index contributed by atoms with van der Waals surface area (Å²) in [4.78, 5) is 29.8. The summed E-state index contributed by atoms with van der Waals surface area (Å²) < 4.78 is 0. The molecule has 160 valence electrons. The second-order valence-electron chi connectivity index (χ2n) is 9.98. The minimum absolute atomic E-state index is 0.114. The average molecular weight is 400 g/mol. The van der Waals surface area contributed by atoms with Crippen molar-refractivity contribution in [1.29, 1.82) is 0 Å². The second kappa shape index (κ2) is 8.76. The van der Waals surface area contributed by atoms with E-state index in [1.54, 1.807) is 0 Å². The molecule has 0 bridgehead atoms. The Bertz CT molecular complexity index is 741. The van der Waals surface area contributed by atoms with Crippen molar-refractivity contribution in [3.63, 3.8) is 0 Å². The van der Waals surface area contributed by atoms with Gasteiger partial charge >= 0.3 is 0 Å². The first kappa shape index (κ1) is 21.7. The van der Waals surface area contributed by atoms with Gasteiger partial charge < -0.3 is 15.1 Å². The molecule has 1 aromatic rings. The quantitative estimate of drug-likeness (QED) is 0.747. The molecule has 0 radical (unpaired) electrons. The van der Waals surface area contributed by atoms with Gasteiger partial charge in [0.2, 0.25) is 11.8 Å². The number of benzene rings is 1. The van der Waals surface area contributed by atoms with Gasteiger partial charge in [0.15, 0.2) is 0 Å². The lowest BCUT2D eigenvalue weighted by Crippen LogP contribution is -2.46. The molecule has 2 amide bonds. The Balaban J connectivity index is 1.89. The number of nitrogens with one attached hydrogen (secondary N) is 1. The Morgan fingerprint density at radius 1 is 1.03 bits per heavy atom. The minimum atomic E-state index is -0.409. The van der Waals surface area contributed by atoms with Crippen LogP contribution in [-0.2, 0) is 16.1 Å². The van der Waals surface area contributed by atoms with E-state index in [2.05, 4.69) is 27.2 Å². The molecule has 2 saturated carbocycles. The zero-order chi connectivity index (χ0) is 21.2. The van der Waals surface area contributed by atoms with Crippen LogP contribution in [0.3, 0.4) is 0 Å². The van der Waals surface area contributed by atoms with Crippen LogP contribution in [0.4, 0.5) is 11.4 Å². The van der Waals surface area contributed by atoms with E-state index >= 15 is 0 Å². The molecular weight excluding hydrogens is 362 g/mol. The lowest BCUT2D eigenvalue weighted by molar-refractivity contribution is -0.143. The predicted octanol–water partition coefficient (Wildman–Crippen LogP) is 4.81. The summed E-state index contributed by atoms with van der Waals surface area (Å²) in [6, 6.07) is 6.38. The Morgan fingerprint density at radius 3 is 2.24 bits per heavy atom. The third-order valence-corrected chi connectivity index (χ3v) is 6.04. The van der Waals surface area contributed by atoms with Gasteiger partial charge in [-0.2, -0.15) is 0 Å². The van der Waals surface area contributed by atoms with Gasteiger partial charge in [0.1, 0.15) is 0 Å². The molecule has 0 aromatic heterocycles. The molecule has 5 heteroatoms. The zero-order valence-corrected chi connectivity index (χ0v) is 18.8. The summed E-state index contributed by atoms with van der Waals surface area (Å²) in [5, 5.41) is 3.06. The zero-order valence-electron chi connectivity index (χ0n) is 18.8. The highest BCUT2D eigenvalue weighted by molar-refractivity contribution is 5.94. The normalized spacial score (nSPS) is 17.7. The summed E-state index contributed by atoms with van der Waals surface area (Å²) >= 11 is 0. The number of rotatable bonds is 6. The fourth-order valence-corrected chi connectivity index (χ4v) is 4.19. The number of nitrogens with zero attached hydrogens (tertiary/aromatic N) is 2. The number of anilines is 2. The van der Waals surface area contributed by atoms with Crippen LogP contribution in [-0.4, -0.2) is 36.9 Å². The Labute approximate surface area is 175 Å². The topological polar surface area (TPSA) is 52.7 Å². The van der Waals surface area contributed by atoms with E-state index in [-0.39, 0.29) is 17.7 Å². The van der Waals surface area contributed by atoms with Gasteiger partial charge in [0.25, 0.3) is 0 Å². The lowest BCUT2D eigenvalue weighted by atomic mass is 9.89. The molecule has 2 aliphatic rings. The molecule has 1 N–H and O–H groups in total. The van der Waals surface area contributed by atoms with E-state index in [0.717, 1.165) is 42.6 Å². The van der Waals surface area contributed by atoms with Crippen molar-refractivity contribution in [3.05, 3.63) is 23.8 Å². The van der Waals surface area contributed by atoms with Crippen molar-refractivity contribution in [1.82, 2.24) is 4.90 Å². The van der Waals surface area contributed by atoms with E-state index in [9.17, 15) is 9.59 Å². The monoisotopic (exact) mass is 399 g/mol. The van der Waals surface area contributed by atoms with Crippen LogP contribution in [0.1, 0.15) is 71.3 Å². The van der Waals surface area contributed by atoms with Crippen LogP contribution < -0.4 is 10.2 Å². The number of carbonyl (C=O) groups is 2. The molecule has 2 fully saturated rings. The minimum Gasteiger partial charge on any atom is -0.377 e. The molecule has 0 aliphatic heterocycles. The fourth-order valence-electron chi connectivity index (χ4n) is 4.19. The second-order valence-corrected chi connectivity index (χ2v) is 9.98. The maximum absolute atomic E-state index is 13.4. The van der Waals surface area contributed by atoms with Crippen molar-refractivity contribution in [2.24, 2.45) is 11.3 Å². The van der Waals surface area contributed by atoms with Gasteiger partial charge in [-0.25, -0.2) is 0 Å². The molecule has 3 rings (SSSR count). The highest BCUT2D eigenvalue weighted by Gasteiger charge is 2.33. The molecule has 5 nitrogen and oxygen atoms in total. The molecule has 0 saturated heterocycles. The van der Waals surface area contributed by atoms with E-state index in [4.69, 9.17) is 0 Å². The Hall–Kier alpha value is -2.04. The third-order valence-electron chi connectivity index (χ3n) is 6.04. The number of amides is 2. The van der Waals surface area contributed by atoms with Crippen molar-refractivity contribution in [2.45, 2.75) is 78.3 Å². The van der Waals surface area contributed by atoms with Crippen LogP contribution in [0.2, 0.25) is 0 Å². The van der Waals surface area contributed by atoms with E-state index in [1.807, 2.05) is 40.9 Å². The molecule has 2 aliphatic carbocycles. The molecule has 0 spiro atoms. The van der Waals surface area contributed by atoms with Crippen molar-refractivity contribution in [2.75, 3.05) is 24.3 Å². The van der Waals surface area contributed by atoms with E-state index in [0.29, 0.717) is 12.6 Å². The molecule has 0 atom stereocenters. The van der Waals surface area contributed by atoms with Gasteiger partial charge in [-0.1, -0.05) is 40.0 Å². The molecule has 0 heterocycles. The first-order valence-corrected chi connectivity index (χ1v) is 11.1. The highest BCUT2D eigenvalue weighted by atomic mass is 16.2. The van der Waals surface area contributed by atoms with Crippen LogP contribution >= 0.6 is 0 Å². The van der Waals surface area contributed by atoms with E-state index in [1.165, 1.54) is 19.3 Å². The number of carbonyl (C=O) groups excluding carboxylic acids is 2. The number of hydrogen-bond acceptors (Lipinski definition) is 3. The standard InChI is InChI=1S/C24H37N3O2/c1-24(2,3)23(29)27(20-9-7-6-8-10-20)16-18-15-19(13-14-21(18)26(4)5)25-22(28)17-11-12-17/h13-15,17,20H,6-12,16H2,1-5H3,(H,25,28). The van der Waals surface area contributed by atoms with Crippen molar-refractivity contribution >= 4 is 23.2 Å². The number of hydrogen-bond donors (Lipinski definition) is 1. The van der Waals surface area contributed by atoms with Crippen molar-refractivity contribution < 1.29 is 9.59 Å². The van der Waals surface area contributed by atoms with Crippen LogP contribution in [0.25, 0.3) is 0 Å². The van der Waals surface area contributed by atoms with Gasteiger partial charge in [-0.15, -0.1) is 0 Å². The Kier molecular flexibility index (Phi) is 6.55. The first-order chi connectivity index (χ1) is 13.7. The van der Waals surface area contributed by atoms with Crippen LogP contribution in [0, 0.1) is 11.3 Å². The smallest absolute Gasteiger partial charge is 0.228 e. The van der Waals surface area contributed by atoms with Crippen LogP contribution in [0.15, 0.2) is 18.2 Å². The van der Waals surface area contributed by atoms with Gasteiger partial charge in [0, 0.05) is 49.4 Å². The average Bonchev–Trinajstić information content (AvgIpc) is 3.51. The van der Waals surface area contributed by atoms with Gasteiger partial charge in [0.05, 0.1) is 0 Å². The summed E-state index contributed by atoms with van der Waals surface area (Å²) in [7, 11) is 4.05. The summed E-state index contributed by atoms with van der Waals surface area (Å²) in [5.41, 5.74) is 2.60. The van der Waals surface area contributed by atoms with E-state index < -0.39 is 5.41 Å². The first-order valence-electron chi connectivity index (χ1n) is 11.1.